The molecule has 1 aliphatic heterocycles. The van der Waals surface area contributed by atoms with E-state index in [0.29, 0.717) is 10.6 Å². The average Bonchev–Trinajstić information content (AvgIpc) is 3.10. The van der Waals surface area contributed by atoms with Gasteiger partial charge in [0.05, 0.1) is 0 Å². The van der Waals surface area contributed by atoms with E-state index in [2.05, 4.69) is 10.2 Å². The van der Waals surface area contributed by atoms with Crippen LogP contribution in [0.25, 0.3) is 0 Å². The SMILES string of the molecule is O=C(NCc1c(F)cccc1Cl)C1(N2CCCC2)CCCCC1. The lowest BCUT2D eigenvalue weighted by Gasteiger charge is -2.43. The molecule has 23 heavy (non-hydrogen) atoms. The Morgan fingerprint density at radius 1 is 1.17 bits per heavy atom. The fourth-order valence-electron chi connectivity index (χ4n) is 4.00. The van der Waals surface area contributed by atoms with Crippen molar-refractivity contribution in [2.45, 2.75) is 57.0 Å². The van der Waals surface area contributed by atoms with Crippen molar-refractivity contribution in [3.05, 3.63) is 34.6 Å². The van der Waals surface area contributed by atoms with Crippen LogP contribution >= 0.6 is 11.6 Å². The van der Waals surface area contributed by atoms with Gasteiger partial charge in [-0.2, -0.15) is 0 Å². The molecule has 0 spiro atoms. The van der Waals surface area contributed by atoms with Gasteiger partial charge in [-0.3, -0.25) is 9.69 Å². The number of carbonyl (C=O) groups excluding carboxylic acids is 1. The molecule has 2 aliphatic rings. The second-order valence-corrected chi connectivity index (χ2v) is 7.08. The van der Waals surface area contributed by atoms with E-state index in [1.54, 1.807) is 12.1 Å². The van der Waals surface area contributed by atoms with Gasteiger partial charge in [0, 0.05) is 17.1 Å². The van der Waals surface area contributed by atoms with Gasteiger partial charge in [-0.1, -0.05) is 36.9 Å². The molecule has 1 saturated carbocycles. The molecule has 0 unspecified atom stereocenters. The Balaban J connectivity index is 1.74. The molecule has 2 fully saturated rings. The Hall–Kier alpha value is -1.13. The first-order chi connectivity index (χ1) is 11.1. The fourth-order valence-corrected chi connectivity index (χ4v) is 4.23. The number of hydrogen-bond donors (Lipinski definition) is 1. The third-order valence-electron chi connectivity index (χ3n) is 5.30. The summed E-state index contributed by atoms with van der Waals surface area (Å²) in [6, 6.07) is 4.61. The summed E-state index contributed by atoms with van der Waals surface area (Å²) in [5.41, 5.74) is -0.0261. The maximum atomic E-state index is 13.9. The van der Waals surface area contributed by atoms with E-state index < -0.39 is 5.54 Å². The fraction of sp³-hybridized carbons (Fsp3) is 0.611. The highest BCUT2D eigenvalue weighted by Crippen LogP contribution is 2.36. The molecular weight excluding hydrogens is 315 g/mol. The summed E-state index contributed by atoms with van der Waals surface area (Å²) in [4.78, 5) is 15.3. The van der Waals surface area contributed by atoms with Crippen molar-refractivity contribution < 1.29 is 9.18 Å². The van der Waals surface area contributed by atoms with Crippen LogP contribution in [0.2, 0.25) is 5.02 Å². The lowest BCUT2D eigenvalue weighted by molar-refractivity contribution is -0.135. The predicted octanol–water partition coefficient (Wildman–Crippen LogP) is 3.89. The predicted molar refractivity (Wildman–Crippen MR) is 89.9 cm³/mol. The average molecular weight is 339 g/mol. The first-order valence-corrected chi connectivity index (χ1v) is 8.97. The van der Waals surface area contributed by atoms with E-state index in [1.807, 2.05) is 0 Å². The molecule has 126 valence electrons. The maximum absolute atomic E-state index is 13.9. The van der Waals surface area contributed by atoms with Crippen LogP contribution in [0.15, 0.2) is 18.2 Å². The Labute approximate surface area is 142 Å². The van der Waals surface area contributed by atoms with E-state index >= 15 is 0 Å². The molecule has 3 nitrogen and oxygen atoms in total. The molecule has 1 amide bonds. The summed E-state index contributed by atoms with van der Waals surface area (Å²) in [5, 5.41) is 3.33. The molecule has 1 heterocycles. The topological polar surface area (TPSA) is 32.3 Å². The molecular formula is C18H24ClFN2O. The summed E-state index contributed by atoms with van der Waals surface area (Å²) >= 11 is 6.06. The van der Waals surface area contributed by atoms with Gasteiger partial charge in [-0.05, 0) is 50.9 Å². The molecule has 5 heteroatoms. The third-order valence-corrected chi connectivity index (χ3v) is 5.66. The van der Waals surface area contributed by atoms with Crippen LogP contribution in [-0.2, 0) is 11.3 Å². The van der Waals surface area contributed by atoms with Gasteiger partial charge in [0.25, 0.3) is 0 Å². The van der Waals surface area contributed by atoms with Gasteiger partial charge in [0.1, 0.15) is 11.4 Å². The molecule has 0 radical (unpaired) electrons. The zero-order chi connectivity index (χ0) is 16.3. The molecule has 1 N–H and O–H groups in total. The third kappa shape index (κ3) is 3.38. The van der Waals surface area contributed by atoms with Gasteiger partial charge in [0.15, 0.2) is 0 Å². The minimum absolute atomic E-state index is 0.0402. The van der Waals surface area contributed by atoms with Gasteiger partial charge < -0.3 is 5.32 Å². The van der Waals surface area contributed by atoms with Crippen LogP contribution in [0, 0.1) is 5.82 Å². The van der Waals surface area contributed by atoms with Crippen molar-refractivity contribution in [3.8, 4) is 0 Å². The lowest BCUT2D eigenvalue weighted by atomic mass is 9.79. The quantitative estimate of drug-likeness (QED) is 0.903. The zero-order valence-corrected chi connectivity index (χ0v) is 14.2. The Bertz CT molecular complexity index is 546. The van der Waals surface area contributed by atoms with Gasteiger partial charge >= 0.3 is 0 Å². The Kier molecular flexibility index (Phi) is 5.22. The summed E-state index contributed by atoms with van der Waals surface area (Å²) in [5.74, 6) is -0.324. The van der Waals surface area contributed by atoms with Crippen molar-refractivity contribution in [1.29, 1.82) is 0 Å². The van der Waals surface area contributed by atoms with E-state index in [0.717, 1.165) is 51.6 Å². The van der Waals surface area contributed by atoms with Crippen LogP contribution in [-0.4, -0.2) is 29.4 Å². The van der Waals surface area contributed by atoms with Crippen LogP contribution < -0.4 is 5.32 Å². The summed E-state index contributed by atoms with van der Waals surface area (Å²) in [7, 11) is 0. The largest absolute Gasteiger partial charge is 0.350 e. The first kappa shape index (κ1) is 16.7. The molecule has 1 aliphatic carbocycles. The second-order valence-electron chi connectivity index (χ2n) is 6.67. The molecule has 1 aromatic rings. The van der Waals surface area contributed by atoms with E-state index in [-0.39, 0.29) is 18.3 Å². The minimum Gasteiger partial charge on any atom is -0.350 e. The molecule has 1 saturated heterocycles. The number of benzene rings is 1. The lowest BCUT2D eigenvalue weighted by Crippen LogP contribution is -2.58. The van der Waals surface area contributed by atoms with Gasteiger partial charge in [-0.15, -0.1) is 0 Å². The number of halogens is 2. The summed E-state index contributed by atoms with van der Waals surface area (Å²) < 4.78 is 13.9. The smallest absolute Gasteiger partial charge is 0.240 e. The van der Waals surface area contributed by atoms with Crippen molar-refractivity contribution in [3.63, 3.8) is 0 Å². The van der Waals surface area contributed by atoms with Gasteiger partial charge in [-0.25, -0.2) is 4.39 Å². The van der Waals surface area contributed by atoms with E-state index in [9.17, 15) is 9.18 Å². The van der Waals surface area contributed by atoms with Crippen molar-refractivity contribution in [2.75, 3.05) is 13.1 Å². The number of carbonyl (C=O) groups is 1. The molecule has 0 aromatic heterocycles. The summed E-state index contributed by atoms with van der Waals surface area (Å²) in [6.45, 7) is 2.14. The van der Waals surface area contributed by atoms with Crippen molar-refractivity contribution >= 4 is 17.5 Å². The monoisotopic (exact) mass is 338 g/mol. The highest BCUT2D eigenvalue weighted by Gasteiger charge is 2.45. The van der Waals surface area contributed by atoms with Crippen LogP contribution in [0.4, 0.5) is 4.39 Å². The normalized spacial score (nSPS) is 21.3. The maximum Gasteiger partial charge on any atom is 0.240 e. The van der Waals surface area contributed by atoms with Crippen molar-refractivity contribution in [1.82, 2.24) is 10.2 Å². The highest BCUT2D eigenvalue weighted by molar-refractivity contribution is 6.31. The Morgan fingerprint density at radius 2 is 1.87 bits per heavy atom. The van der Waals surface area contributed by atoms with Crippen LogP contribution in [0.3, 0.4) is 0 Å². The summed E-state index contributed by atoms with van der Waals surface area (Å²) in [6.07, 6.45) is 7.51. The Morgan fingerprint density at radius 3 is 2.52 bits per heavy atom. The number of nitrogens with one attached hydrogen (secondary N) is 1. The van der Waals surface area contributed by atoms with Crippen LogP contribution in [0.5, 0.6) is 0 Å². The van der Waals surface area contributed by atoms with Crippen LogP contribution in [0.1, 0.15) is 50.5 Å². The number of rotatable bonds is 4. The minimum atomic E-state index is -0.396. The van der Waals surface area contributed by atoms with Gasteiger partial charge in [0.2, 0.25) is 5.91 Å². The molecule has 0 bridgehead atoms. The standard InChI is InChI=1S/C18H24ClFN2O/c19-15-7-6-8-16(20)14(15)13-21-17(23)18(9-2-1-3-10-18)22-11-4-5-12-22/h6-8H,1-5,9-13H2,(H,21,23). The second kappa shape index (κ2) is 7.18. The molecule has 1 aromatic carbocycles. The first-order valence-electron chi connectivity index (χ1n) is 8.60. The number of hydrogen-bond acceptors (Lipinski definition) is 2. The van der Waals surface area contributed by atoms with Crippen molar-refractivity contribution in [2.24, 2.45) is 0 Å². The van der Waals surface area contributed by atoms with E-state index in [1.165, 1.54) is 12.5 Å². The highest BCUT2D eigenvalue weighted by atomic mass is 35.5. The number of amides is 1. The number of likely N-dealkylation sites (tertiary alicyclic amines) is 1. The number of nitrogens with zero attached hydrogens (tertiary/aromatic N) is 1. The van der Waals surface area contributed by atoms with E-state index in [4.69, 9.17) is 11.6 Å². The molecule has 0 atom stereocenters. The zero-order valence-electron chi connectivity index (χ0n) is 13.4. The molecule has 3 rings (SSSR count).